The molecule has 88 valence electrons. The summed E-state index contributed by atoms with van der Waals surface area (Å²) < 4.78 is 0. The van der Waals surface area contributed by atoms with Gasteiger partial charge in [0.2, 0.25) is 5.91 Å². The summed E-state index contributed by atoms with van der Waals surface area (Å²) in [6, 6.07) is 0.0242. The summed E-state index contributed by atoms with van der Waals surface area (Å²) in [4.78, 5) is 16.1. The number of carbonyl (C=O) groups is 1. The number of carbonyl (C=O) groups excluding carboxylic acids is 1. The molecule has 4 nitrogen and oxygen atoms in total. The summed E-state index contributed by atoms with van der Waals surface area (Å²) in [5.74, 6) is 0.858. The van der Waals surface area contributed by atoms with Gasteiger partial charge >= 0.3 is 0 Å². The van der Waals surface area contributed by atoms with Crippen molar-refractivity contribution < 1.29 is 4.79 Å². The zero-order chi connectivity index (χ0) is 11.4. The number of hydrogen-bond acceptors (Lipinski definition) is 3. The van der Waals surface area contributed by atoms with Crippen LogP contribution in [-0.4, -0.2) is 62.0 Å². The van der Waals surface area contributed by atoms with Crippen molar-refractivity contribution in [2.45, 2.75) is 19.9 Å². The van der Waals surface area contributed by atoms with Crippen LogP contribution in [0.4, 0.5) is 0 Å². The largest absolute Gasteiger partial charge is 0.343 e. The van der Waals surface area contributed by atoms with Crippen LogP contribution < -0.4 is 5.32 Å². The third-order valence-corrected chi connectivity index (χ3v) is 2.82. The van der Waals surface area contributed by atoms with Gasteiger partial charge in [-0.25, -0.2) is 0 Å². The number of likely N-dealkylation sites (N-methyl/N-ethyl adjacent to an activating group) is 2. The highest BCUT2D eigenvalue weighted by atomic mass is 16.2. The van der Waals surface area contributed by atoms with E-state index in [9.17, 15) is 4.79 Å². The fraction of sp³-hybridized carbons (Fsp3) is 0.909. The van der Waals surface area contributed by atoms with Crippen molar-refractivity contribution in [2.24, 2.45) is 5.92 Å². The van der Waals surface area contributed by atoms with Crippen LogP contribution in [0.25, 0.3) is 0 Å². The molecule has 0 saturated carbocycles. The van der Waals surface area contributed by atoms with E-state index in [0.29, 0.717) is 5.92 Å². The van der Waals surface area contributed by atoms with Gasteiger partial charge in [-0.1, -0.05) is 13.8 Å². The van der Waals surface area contributed by atoms with Crippen molar-refractivity contribution in [1.82, 2.24) is 15.1 Å². The number of nitrogens with one attached hydrogen (secondary N) is 1. The Morgan fingerprint density at radius 1 is 1.47 bits per heavy atom. The van der Waals surface area contributed by atoms with Crippen LogP contribution >= 0.6 is 0 Å². The molecule has 1 rings (SSSR count). The molecule has 15 heavy (non-hydrogen) atoms. The van der Waals surface area contributed by atoms with Gasteiger partial charge in [0.05, 0.1) is 0 Å². The molecule has 0 aromatic heterocycles. The molecule has 0 radical (unpaired) electrons. The topological polar surface area (TPSA) is 35.6 Å². The van der Waals surface area contributed by atoms with Crippen LogP contribution in [0, 0.1) is 5.92 Å². The van der Waals surface area contributed by atoms with Crippen molar-refractivity contribution in [3.05, 3.63) is 0 Å². The summed E-state index contributed by atoms with van der Waals surface area (Å²) in [5, 5.41) is 3.10. The van der Waals surface area contributed by atoms with Crippen LogP contribution in [0.3, 0.4) is 0 Å². The fourth-order valence-corrected chi connectivity index (χ4v) is 2.05. The van der Waals surface area contributed by atoms with E-state index >= 15 is 0 Å². The van der Waals surface area contributed by atoms with E-state index in [0.717, 1.165) is 26.2 Å². The molecule has 1 fully saturated rings. The van der Waals surface area contributed by atoms with E-state index in [4.69, 9.17) is 0 Å². The van der Waals surface area contributed by atoms with Gasteiger partial charge in [0.15, 0.2) is 0 Å². The monoisotopic (exact) mass is 213 g/mol. The molecular formula is C11H23N3O. The molecule has 0 bridgehead atoms. The minimum absolute atomic E-state index is 0.0242. The molecule has 0 aromatic carbocycles. The Labute approximate surface area is 92.6 Å². The number of rotatable bonds is 4. The third-order valence-electron chi connectivity index (χ3n) is 2.82. The summed E-state index contributed by atoms with van der Waals surface area (Å²) >= 11 is 0. The van der Waals surface area contributed by atoms with Crippen molar-refractivity contribution >= 4 is 5.91 Å². The molecule has 1 aliphatic heterocycles. The molecule has 0 aliphatic carbocycles. The average Bonchev–Trinajstić information content (AvgIpc) is 2.17. The van der Waals surface area contributed by atoms with Crippen LogP contribution in [-0.2, 0) is 4.79 Å². The molecule has 0 spiro atoms. The smallest absolute Gasteiger partial charge is 0.241 e. The van der Waals surface area contributed by atoms with E-state index in [1.165, 1.54) is 0 Å². The Hall–Kier alpha value is -0.610. The van der Waals surface area contributed by atoms with Crippen molar-refractivity contribution in [1.29, 1.82) is 0 Å². The number of nitrogens with zero attached hydrogens (tertiary/aromatic N) is 2. The maximum atomic E-state index is 12.0. The van der Waals surface area contributed by atoms with E-state index < -0.39 is 0 Å². The van der Waals surface area contributed by atoms with E-state index in [-0.39, 0.29) is 11.9 Å². The van der Waals surface area contributed by atoms with Gasteiger partial charge < -0.3 is 10.2 Å². The Morgan fingerprint density at radius 3 is 2.67 bits per heavy atom. The maximum absolute atomic E-state index is 12.0. The normalized spacial score (nSPS) is 23.9. The quantitative estimate of drug-likeness (QED) is 0.714. The average molecular weight is 213 g/mol. The predicted octanol–water partition coefficient (Wildman–Crippen LogP) is 0.00440. The number of amides is 1. The number of hydrogen-bond donors (Lipinski definition) is 1. The number of piperazine rings is 1. The van der Waals surface area contributed by atoms with Crippen LogP contribution in [0.2, 0.25) is 0 Å². The SMILES string of the molecule is CNCC1C(=O)N(C)CCN1CC(C)C. The van der Waals surface area contributed by atoms with E-state index in [2.05, 4.69) is 24.1 Å². The van der Waals surface area contributed by atoms with Gasteiger partial charge in [0.1, 0.15) is 6.04 Å². The van der Waals surface area contributed by atoms with E-state index in [1.54, 1.807) is 0 Å². The molecule has 1 saturated heterocycles. The highest BCUT2D eigenvalue weighted by Crippen LogP contribution is 2.11. The standard InChI is InChI=1S/C11H23N3O/c1-9(2)8-14-6-5-13(4)11(15)10(14)7-12-3/h9-10,12H,5-8H2,1-4H3. The third kappa shape index (κ3) is 3.18. The van der Waals surface area contributed by atoms with Crippen LogP contribution in [0.1, 0.15) is 13.8 Å². The lowest BCUT2D eigenvalue weighted by Gasteiger charge is -2.39. The summed E-state index contributed by atoms with van der Waals surface area (Å²) in [6.07, 6.45) is 0. The molecule has 4 heteroatoms. The zero-order valence-corrected chi connectivity index (χ0v) is 10.3. The Balaban J connectivity index is 2.64. The van der Waals surface area contributed by atoms with Gasteiger partial charge in [-0.05, 0) is 13.0 Å². The zero-order valence-electron chi connectivity index (χ0n) is 10.3. The second kappa shape index (κ2) is 5.47. The highest BCUT2D eigenvalue weighted by Gasteiger charge is 2.32. The lowest BCUT2D eigenvalue weighted by atomic mass is 10.1. The Bertz CT molecular complexity index is 218. The second-order valence-corrected chi connectivity index (χ2v) is 4.72. The van der Waals surface area contributed by atoms with Gasteiger partial charge in [-0.3, -0.25) is 9.69 Å². The first kappa shape index (κ1) is 12.5. The molecule has 1 heterocycles. The predicted molar refractivity (Wildman–Crippen MR) is 61.8 cm³/mol. The Kier molecular flexibility index (Phi) is 4.54. The minimum atomic E-state index is 0.0242. The van der Waals surface area contributed by atoms with Gasteiger partial charge in [0, 0.05) is 33.2 Å². The highest BCUT2D eigenvalue weighted by molar-refractivity contribution is 5.82. The summed E-state index contributed by atoms with van der Waals surface area (Å²) in [7, 11) is 3.78. The summed E-state index contributed by atoms with van der Waals surface area (Å²) in [5.41, 5.74) is 0. The van der Waals surface area contributed by atoms with E-state index in [1.807, 2.05) is 19.0 Å². The minimum Gasteiger partial charge on any atom is -0.343 e. The molecular weight excluding hydrogens is 190 g/mol. The lowest BCUT2D eigenvalue weighted by Crippen LogP contribution is -2.59. The van der Waals surface area contributed by atoms with Crippen LogP contribution in [0.5, 0.6) is 0 Å². The first-order valence-electron chi connectivity index (χ1n) is 5.70. The van der Waals surface area contributed by atoms with Crippen LogP contribution in [0.15, 0.2) is 0 Å². The lowest BCUT2D eigenvalue weighted by molar-refractivity contribution is -0.140. The molecule has 1 amide bonds. The van der Waals surface area contributed by atoms with Gasteiger partial charge in [-0.2, -0.15) is 0 Å². The fourth-order valence-electron chi connectivity index (χ4n) is 2.05. The molecule has 1 aliphatic rings. The van der Waals surface area contributed by atoms with Crippen molar-refractivity contribution in [3.8, 4) is 0 Å². The molecule has 0 aromatic rings. The molecule has 1 unspecified atom stereocenters. The second-order valence-electron chi connectivity index (χ2n) is 4.72. The Morgan fingerprint density at radius 2 is 2.13 bits per heavy atom. The molecule has 1 N–H and O–H groups in total. The maximum Gasteiger partial charge on any atom is 0.241 e. The first-order chi connectivity index (χ1) is 7.06. The first-order valence-corrected chi connectivity index (χ1v) is 5.70. The van der Waals surface area contributed by atoms with Crippen molar-refractivity contribution in [2.75, 3.05) is 40.3 Å². The van der Waals surface area contributed by atoms with Gasteiger partial charge in [0.25, 0.3) is 0 Å². The van der Waals surface area contributed by atoms with Crippen molar-refractivity contribution in [3.63, 3.8) is 0 Å². The van der Waals surface area contributed by atoms with Gasteiger partial charge in [-0.15, -0.1) is 0 Å². The molecule has 1 atom stereocenters. The summed E-state index contributed by atoms with van der Waals surface area (Å²) in [6.45, 7) is 7.98.